The van der Waals surface area contributed by atoms with Crippen LogP contribution in [0, 0.1) is 10.1 Å². The summed E-state index contributed by atoms with van der Waals surface area (Å²) >= 11 is 1.60. The van der Waals surface area contributed by atoms with Crippen molar-refractivity contribution in [1.29, 1.82) is 0 Å². The van der Waals surface area contributed by atoms with Crippen LogP contribution < -0.4 is 5.32 Å². The van der Waals surface area contributed by atoms with Crippen LogP contribution in [-0.2, 0) is 6.54 Å². The third kappa shape index (κ3) is 4.29. The molecule has 0 radical (unpaired) electrons. The molecule has 0 aromatic heterocycles. The molecule has 1 aromatic carbocycles. The van der Waals surface area contributed by atoms with Crippen LogP contribution >= 0.6 is 11.8 Å². The van der Waals surface area contributed by atoms with Gasteiger partial charge in [0.1, 0.15) is 0 Å². The molecule has 6 heteroatoms. The van der Waals surface area contributed by atoms with E-state index in [1.807, 2.05) is 19.2 Å². The van der Waals surface area contributed by atoms with E-state index < -0.39 is 4.92 Å². The first-order chi connectivity index (χ1) is 8.58. The molecule has 0 aliphatic heterocycles. The maximum absolute atomic E-state index is 10.6. The number of thioether (sulfide) groups is 1. The molecule has 0 spiro atoms. The molecule has 0 amide bonds. The van der Waals surface area contributed by atoms with Crippen molar-refractivity contribution in [3.05, 3.63) is 39.9 Å². The topological polar surface area (TPSA) is 75.4 Å². The van der Waals surface area contributed by atoms with Gasteiger partial charge in [0.2, 0.25) is 0 Å². The normalized spacial score (nSPS) is 14.2. The lowest BCUT2D eigenvalue weighted by atomic mass is 10.1. The van der Waals surface area contributed by atoms with Gasteiger partial charge in [-0.3, -0.25) is 10.1 Å². The van der Waals surface area contributed by atoms with Crippen molar-refractivity contribution >= 4 is 17.4 Å². The van der Waals surface area contributed by atoms with E-state index in [0.717, 1.165) is 5.56 Å². The predicted octanol–water partition coefficient (Wildman–Crippen LogP) is 1.80. The fraction of sp³-hybridized carbons (Fsp3) is 0.500. The summed E-state index contributed by atoms with van der Waals surface area (Å²) in [5.41, 5.74) is 0.972. The number of non-ortho nitro benzene ring substituents is 1. The molecule has 0 saturated heterocycles. The molecule has 0 aliphatic rings. The second-order valence-electron chi connectivity index (χ2n) is 4.05. The van der Waals surface area contributed by atoms with Crippen molar-refractivity contribution in [2.24, 2.45) is 0 Å². The molecule has 0 bridgehead atoms. The van der Waals surface area contributed by atoms with Gasteiger partial charge in [0, 0.05) is 30.0 Å². The third-order valence-corrected chi connectivity index (χ3v) is 3.95. The number of aliphatic hydroxyl groups excluding tert-OH is 1. The van der Waals surface area contributed by atoms with E-state index in [4.69, 9.17) is 5.11 Å². The Bertz CT molecular complexity index is 397. The van der Waals surface area contributed by atoms with E-state index in [1.54, 1.807) is 23.9 Å². The van der Waals surface area contributed by atoms with Crippen LogP contribution in [0.25, 0.3) is 0 Å². The van der Waals surface area contributed by atoms with Gasteiger partial charge >= 0.3 is 0 Å². The minimum atomic E-state index is -0.397. The van der Waals surface area contributed by atoms with Crippen molar-refractivity contribution in [3.8, 4) is 0 Å². The van der Waals surface area contributed by atoms with E-state index in [2.05, 4.69) is 5.32 Å². The molecule has 0 saturated carbocycles. The van der Waals surface area contributed by atoms with Crippen LogP contribution in [0.5, 0.6) is 0 Å². The SMILES string of the molecule is CSC(CO)C(C)NCc1cccc([N+](=O)[O-])c1. The minimum absolute atomic E-state index is 0.102. The largest absolute Gasteiger partial charge is 0.395 e. The highest BCUT2D eigenvalue weighted by atomic mass is 32.2. The van der Waals surface area contributed by atoms with E-state index in [0.29, 0.717) is 6.54 Å². The van der Waals surface area contributed by atoms with Crippen molar-refractivity contribution < 1.29 is 10.0 Å². The lowest BCUT2D eigenvalue weighted by Crippen LogP contribution is -2.37. The molecular weight excluding hydrogens is 252 g/mol. The van der Waals surface area contributed by atoms with E-state index in [1.165, 1.54) is 6.07 Å². The highest BCUT2D eigenvalue weighted by Gasteiger charge is 2.14. The molecule has 100 valence electrons. The third-order valence-electron chi connectivity index (χ3n) is 2.79. The Balaban J connectivity index is 2.58. The number of aliphatic hydroxyl groups is 1. The monoisotopic (exact) mass is 270 g/mol. The molecular formula is C12H18N2O3S. The summed E-state index contributed by atoms with van der Waals surface area (Å²) in [5, 5.41) is 23.2. The fourth-order valence-electron chi connectivity index (χ4n) is 1.63. The van der Waals surface area contributed by atoms with Crippen LogP contribution in [0.2, 0.25) is 0 Å². The van der Waals surface area contributed by atoms with Gasteiger partial charge in [0.25, 0.3) is 5.69 Å². The summed E-state index contributed by atoms with van der Waals surface area (Å²) in [6.45, 7) is 2.67. The number of nitro groups is 1. The number of hydrogen-bond donors (Lipinski definition) is 2. The van der Waals surface area contributed by atoms with Crippen LogP contribution in [0.15, 0.2) is 24.3 Å². The van der Waals surface area contributed by atoms with Gasteiger partial charge in [0.05, 0.1) is 11.5 Å². The summed E-state index contributed by atoms with van der Waals surface area (Å²) < 4.78 is 0. The maximum Gasteiger partial charge on any atom is 0.269 e. The average Bonchev–Trinajstić information content (AvgIpc) is 2.38. The van der Waals surface area contributed by atoms with Gasteiger partial charge in [-0.05, 0) is 18.7 Å². The zero-order valence-corrected chi connectivity index (χ0v) is 11.3. The quantitative estimate of drug-likeness (QED) is 0.583. The van der Waals surface area contributed by atoms with Gasteiger partial charge in [0.15, 0.2) is 0 Å². The van der Waals surface area contributed by atoms with Gasteiger partial charge < -0.3 is 10.4 Å². The van der Waals surface area contributed by atoms with Crippen LogP contribution in [0.4, 0.5) is 5.69 Å². The Morgan fingerprint density at radius 1 is 1.56 bits per heavy atom. The Morgan fingerprint density at radius 3 is 2.83 bits per heavy atom. The van der Waals surface area contributed by atoms with Crippen molar-refractivity contribution in [2.45, 2.75) is 24.8 Å². The zero-order chi connectivity index (χ0) is 13.5. The van der Waals surface area contributed by atoms with E-state index in [9.17, 15) is 10.1 Å². The Hall–Kier alpha value is -1.11. The van der Waals surface area contributed by atoms with Gasteiger partial charge in [-0.15, -0.1) is 0 Å². The number of hydrogen-bond acceptors (Lipinski definition) is 5. The molecule has 2 N–H and O–H groups in total. The number of nitrogens with zero attached hydrogens (tertiary/aromatic N) is 1. The smallest absolute Gasteiger partial charge is 0.269 e. The summed E-state index contributed by atoms with van der Waals surface area (Å²) in [4.78, 5) is 10.2. The zero-order valence-electron chi connectivity index (χ0n) is 10.5. The molecule has 2 atom stereocenters. The lowest BCUT2D eigenvalue weighted by Gasteiger charge is -2.21. The fourth-order valence-corrected chi connectivity index (χ4v) is 2.28. The molecule has 0 fully saturated rings. The second kappa shape index (κ2) is 7.35. The Kier molecular flexibility index (Phi) is 6.11. The molecule has 0 heterocycles. The van der Waals surface area contributed by atoms with Gasteiger partial charge in [-0.25, -0.2) is 0 Å². The standard InChI is InChI=1S/C12H18N2O3S/c1-9(12(8-15)18-2)13-7-10-4-3-5-11(6-10)14(16)17/h3-6,9,12-13,15H,7-8H2,1-2H3. The first-order valence-electron chi connectivity index (χ1n) is 5.69. The summed E-state index contributed by atoms with van der Waals surface area (Å²) in [6.07, 6.45) is 1.95. The molecule has 1 rings (SSSR count). The Morgan fingerprint density at radius 2 is 2.28 bits per heavy atom. The van der Waals surface area contributed by atoms with Gasteiger partial charge in [-0.1, -0.05) is 12.1 Å². The minimum Gasteiger partial charge on any atom is -0.395 e. The predicted molar refractivity (Wildman–Crippen MR) is 73.8 cm³/mol. The summed E-state index contributed by atoms with van der Waals surface area (Å²) in [7, 11) is 0. The highest BCUT2D eigenvalue weighted by molar-refractivity contribution is 7.99. The van der Waals surface area contributed by atoms with E-state index in [-0.39, 0.29) is 23.6 Å². The highest BCUT2D eigenvalue weighted by Crippen LogP contribution is 2.14. The lowest BCUT2D eigenvalue weighted by molar-refractivity contribution is -0.384. The van der Waals surface area contributed by atoms with E-state index >= 15 is 0 Å². The molecule has 2 unspecified atom stereocenters. The first-order valence-corrected chi connectivity index (χ1v) is 6.97. The number of rotatable bonds is 7. The summed E-state index contributed by atoms with van der Waals surface area (Å²) in [5.74, 6) is 0. The molecule has 0 aliphatic carbocycles. The van der Waals surface area contributed by atoms with Crippen LogP contribution in [0.3, 0.4) is 0 Å². The second-order valence-corrected chi connectivity index (χ2v) is 5.13. The molecule has 5 nitrogen and oxygen atoms in total. The van der Waals surface area contributed by atoms with Crippen molar-refractivity contribution in [3.63, 3.8) is 0 Å². The van der Waals surface area contributed by atoms with Crippen LogP contribution in [-0.4, -0.2) is 34.2 Å². The van der Waals surface area contributed by atoms with Crippen molar-refractivity contribution in [2.75, 3.05) is 12.9 Å². The maximum atomic E-state index is 10.6. The molecule has 18 heavy (non-hydrogen) atoms. The first kappa shape index (κ1) is 14.9. The number of benzene rings is 1. The average molecular weight is 270 g/mol. The number of nitrogens with one attached hydrogen (secondary N) is 1. The van der Waals surface area contributed by atoms with Crippen molar-refractivity contribution in [1.82, 2.24) is 5.32 Å². The summed E-state index contributed by atoms with van der Waals surface area (Å²) in [6, 6.07) is 6.71. The number of nitro benzene ring substituents is 1. The molecule has 1 aromatic rings. The van der Waals surface area contributed by atoms with Gasteiger partial charge in [-0.2, -0.15) is 11.8 Å². The van der Waals surface area contributed by atoms with Crippen LogP contribution in [0.1, 0.15) is 12.5 Å². The Labute approximate surface area is 111 Å².